The molecule has 6 nitrogen and oxygen atoms in total. The molecule has 9 aromatic carbocycles. The van der Waals surface area contributed by atoms with Gasteiger partial charge in [-0.2, -0.15) is 15.0 Å². The van der Waals surface area contributed by atoms with E-state index in [0.29, 0.717) is 17.8 Å². The van der Waals surface area contributed by atoms with Gasteiger partial charge in [-0.3, -0.25) is 14.7 Å². The van der Waals surface area contributed by atoms with Crippen LogP contribution in [-0.4, -0.2) is 15.0 Å². The summed E-state index contributed by atoms with van der Waals surface area (Å²) in [7, 11) is 0. The second kappa shape index (κ2) is 17.7. The molecule has 78 heavy (non-hydrogen) atoms. The maximum Gasteiger partial charge on any atom is 0.241 e. The third-order valence-corrected chi connectivity index (χ3v) is 16.3. The summed E-state index contributed by atoms with van der Waals surface area (Å²) in [5.74, 6) is 1.54. The normalized spacial score (nSPS) is 15.2. The van der Waals surface area contributed by atoms with E-state index < -0.39 is 0 Å². The van der Waals surface area contributed by atoms with E-state index in [4.69, 9.17) is 15.0 Å². The average Bonchev–Trinajstić information content (AvgIpc) is 3.66. The fourth-order valence-electron chi connectivity index (χ4n) is 12.8. The van der Waals surface area contributed by atoms with Crippen LogP contribution in [0.4, 0.5) is 52.0 Å². The number of hydrogen-bond acceptors (Lipinski definition) is 6. The molecule has 4 heterocycles. The van der Waals surface area contributed by atoms with Crippen LogP contribution in [0.5, 0.6) is 0 Å². The van der Waals surface area contributed by atoms with Gasteiger partial charge in [0.2, 0.25) is 17.8 Å². The summed E-state index contributed by atoms with van der Waals surface area (Å²) < 4.78 is 0. The second-order valence-corrected chi connectivity index (χ2v) is 20.6. The molecule has 0 atom stereocenters. The predicted octanol–water partition coefficient (Wildman–Crippen LogP) is 12.6. The van der Waals surface area contributed by atoms with Gasteiger partial charge in [0.15, 0.2) is 0 Å². The summed E-state index contributed by atoms with van der Waals surface area (Å²) in [6.45, 7) is 0. The third-order valence-electron chi connectivity index (χ3n) is 16.3. The molecule has 0 N–H and O–H groups in total. The minimum absolute atomic E-state index is 0.514. The lowest BCUT2D eigenvalue weighted by Crippen LogP contribution is -2.29. The van der Waals surface area contributed by atoms with Crippen molar-refractivity contribution in [2.24, 2.45) is 0 Å². The van der Waals surface area contributed by atoms with E-state index in [2.05, 4.69) is 270 Å². The van der Waals surface area contributed by atoms with Crippen LogP contribution in [0.25, 0.3) is 53.2 Å². The molecule has 6 aliphatic rings. The van der Waals surface area contributed by atoms with E-state index in [1.807, 2.05) is 0 Å². The fourth-order valence-corrected chi connectivity index (χ4v) is 12.8. The Balaban J connectivity index is 0.960. The summed E-state index contributed by atoms with van der Waals surface area (Å²) in [5, 5.41) is 7.48. The van der Waals surface area contributed by atoms with Crippen LogP contribution < -0.4 is 46.0 Å². The fraction of sp³-hybridized carbons (Fsp3) is 0.0417. The zero-order valence-electron chi connectivity index (χ0n) is 42.6. The van der Waals surface area contributed by atoms with Gasteiger partial charge in [0, 0.05) is 33.4 Å². The number of fused-ring (bicyclic) bond motifs is 9. The highest BCUT2D eigenvalue weighted by Crippen LogP contribution is 2.55. The average molecular weight is 997 g/mol. The van der Waals surface area contributed by atoms with Crippen LogP contribution in [0.2, 0.25) is 0 Å². The maximum absolute atomic E-state index is 5.75. The zero-order chi connectivity index (χ0) is 51.3. The number of anilines is 9. The first-order valence-electron chi connectivity index (χ1n) is 26.9. The molecule has 3 aliphatic carbocycles. The monoisotopic (exact) mass is 996 g/mol. The molecule has 0 saturated heterocycles. The summed E-state index contributed by atoms with van der Waals surface area (Å²) in [6.07, 6.45) is 16.7. The summed E-state index contributed by atoms with van der Waals surface area (Å²) in [6, 6.07) is 78.6. The van der Waals surface area contributed by atoms with Gasteiger partial charge in [-0.15, -0.1) is 0 Å². The van der Waals surface area contributed by atoms with Crippen LogP contribution in [0, 0.1) is 0 Å². The van der Waals surface area contributed by atoms with E-state index in [-0.39, 0.29) is 0 Å². The molecule has 0 bridgehead atoms. The Labute approximate surface area is 451 Å². The van der Waals surface area contributed by atoms with Crippen molar-refractivity contribution in [3.8, 4) is 0 Å². The highest BCUT2D eigenvalue weighted by Gasteiger charge is 2.37. The van der Waals surface area contributed by atoms with Crippen LogP contribution in [0.15, 0.2) is 235 Å². The molecule has 0 spiro atoms. The first-order chi connectivity index (χ1) is 38.7. The van der Waals surface area contributed by atoms with Crippen molar-refractivity contribution < 1.29 is 0 Å². The molecule has 1 aromatic heterocycles. The van der Waals surface area contributed by atoms with Crippen molar-refractivity contribution in [3.63, 3.8) is 0 Å². The van der Waals surface area contributed by atoms with Crippen molar-refractivity contribution in [2.75, 3.05) is 14.7 Å². The van der Waals surface area contributed by atoms with E-state index in [9.17, 15) is 0 Å². The minimum Gasteiger partial charge on any atom is -0.278 e. The number of allylic oxidation sites excluding steroid dienone is 3. The summed E-state index contributed by atoms with van der Waals surface area (Å²) >= 11 is 0. The van der Waals surface area contributed by atoms with Crippen molar-refractivity contribution in [1.29, 1.82) is 0 Å². The van der Waals surface area contributed by atoms with Crippen molar-refractivity contribution in [1.82, 2.24) is 15.0 Å². The van der Waals surface area contributed by atoms with E-state index in [0.717, 1.165) is 86.8 Å². The zero-order valence-corrected chi connectivity index (χ0v) is 42.6. The lowest BCUT2D eigenvalue weighted by atomic mass is 9.84. The van der Waals surface area contributed by atoms with Gasteiger partial charge in [0.25, 0.3) is 0 Å². The van der Waals surface area contributed by atoms with E-state index in [1.54, 1.807) is 0 Å². The quantitative estimate of drug-likeness (QED) is 0.176. The molecule has 10 aromatic rings. The first kappa shape index (κ1) is 44.2. The van der Waals surface area contributed by atoms with E-state index in [1.165, 1.54) is 64.8 Å². The molecular formula is C72H48N6. The Morgan fingerprint density at radius 2 is 0.436 bits per heavy atom. The Morgan fingerprint density at radius 1 is 0.231 bits per heavy atom. The topological polar surface area (TPSA) is 48.4 Å². The highest BCUT2D eigenvalue weighted by molar-refractivity contribution is 6.07. The predicted molar refractivity (Wildman–Crippen MR) is 320 cm³/mol. The highest BCUT2D eigenvalue weighted by atomic mass is 15.4. The van der Waals surface area contributed by atoms with Crippen molar-refractivity contribution in [2.45, 2.75) is 19.3 Å². The minimum atomic E-state index is 0.514. The molecule has 366 valence electrons. The van der Waals surface area contributed by atoms with Gasteiger partial charge in [0.1, 0.15) is 0 Å². The van der Waals surface area contributed by atoms with Crippen LogP contribution in [-0.2, 0) is 0 Å². The van der Waals surface area contributed by atoms with Gasteiger partial charge in [-0.25, -0.2) is 0 Å². The first-order valence-corrected chi connectivity index (χ1v) is 26.9. The second-order valence-electron chi connectivity index (χ2n) is 20.6. The number of hydrogen-bond donors (Lipinski definition) is 0. The molecule has 0 radical (unpaired) electrons. The van der Waals surface area contributed by atoms with Crippen molar-refractivity contribution >= 4 is 105 Å². The summed E-state index contributed by atoms with van der Waals surface area (Å²) in [4.78, 5) is 24.1. The third kappa shape index (κ3) is 6.93. The molecule has 0 fully saturated rings. The van der Waals surface area contributed by atoms with Gasteiger partial charge in [-0.1, -0.05) is 218 Å². The molecule has 0 amide bonds. The largest absolute Gasteiger partial charge is 0.278 e. The Morgan fingerprint density at radius 3 is 0.679 bits per heavy atom. The molecule has 0 unspecified atom stereocenters. The maximum atomic E-state index is 5.75. The van der Waals surface area contributed by atoms with Gasteiger partial charge in [0.05, 0.1) is 34.1 Å². The number of rotatable bonds is 3. The van der Waals surface area contributed by atoms with Gasteiger partial charge >= 0.3 is 0 Å². The van der Waals surface area contributed by atoms with Crippen LogP contribution in [0.1, 0.15) is 52.6 Å². The van der Waals surface area contributed by atoms with Crippen molar-refractivity contribution in [3.05, 3.63) is 300 Å². The van der Waals surface area contributed by atoms with Gasteiger partial charge < -0.3 is 0 Å². The molecule has 0 saturated carbocycles. The van der Waals surface area contributed by atoms with E-state index >= 15 is 0 Å². The number of benzene rings is 9. The SMILES string of the molecule is C1=c2ccccc2=CC(=C2c3ccccc3N(c3nc(N4c5ccccc5C(=C5C=c6ccccc6=CC5)c5ccccc54)nc(N4c5ccccc5C(=C5C=c6ccccc6=CC5)c5ccccc54)n3)c3ccccc32)C1. The lowest BCUT2D eigenvalue weighted by Gasteiger charge is -2.38. The molecule has 16 rings (SSSR count). The Kier molecular flexibility index (Phi) is 10.0. The lowest BCUT2D eigenvalue weighted by molar-refractivity contribution is 0.953. The molecule has 6 heteroatoms. The van der Waals surface area contributed by atoms with Crippen LogP contribution in [0.3, 0.4) is 0 Å². The number of nitrogens with zero attached hydrogens (tertiary/aromatic N) is 6. The standard InChI is InChI=1S/C72H48N6/c1-4-22-49-43-52(40-37-46(49)19-1)67-55-25-7-13-31-61(55)76(62-32-14-8-26-56(62)67)70-73-71(77-63-33-15-9-27-57(63)68(58-28-10-16-34-64(58)77)53-41-38-47-20-2-5-23-50(47)44-53)75-72(74-70)78-65-35-17-11-29-59(65)69(60-30-12-18-36-66(60)78)54-42-39-48-21-3-6-24-51(48)45-54/h1-39,43-45H,40-42H2. The molecular weight excluding hydrogens is 949 g/mol. The Hall–Kier alpha value is -10.2. The number of aromatic nitrogens is 3. The van der Waals surface area contributed by atoms with Gasteiger partial charge in [-0.05, 0) is 120 Å². The van der Waals surface area contributed by atoms with Crippen LogP contribution >= 0.6 is 0 Å². The molecule has 3 aliphatic heterocycles. The number of para-hydroxylation sites is 6. The summed E-state index contributed by atoms with van der Waals surface area (Å²) in [5.41, 5.74) is 20.2. The smallest absolute Gasteiger partial charge is 0.241 e. The Bertz CT molecular complexity index is 4110.